The third kappa shape index (κ3) is 5.29. The summed E-state index contributed by atoms with van der Waals surface area (Å²) in [6.07, 6.45) is 7.70. The highest BCUT2D eigenvalue weighted by Crippen LogP contribution is 2.37. The lowest BCUT2D eigenvalue weighted by Gasteiger charge is -2.26. The molecule has 0 atom stereocenters. The van der Waals surface area contributed by atoms with Crippen LogP contribution in [-0.2, 0) is 4.74 Å². The van der Waals surface area contributed by atoms with E-state index >= 15 is 0 Å². The van der Waals surface area contributed by atoms with E-state index < -0.39 is 0 Å². The van der Waals surface area contributed by atoms with Gasteiger partial charge in [-0.3, -0.25) is 0 Å². The quantitative estimate of drug-likeness (QED) is 0.637. The van der Waals surface area contributed by atoms with E-state index in [0.717, 1.165) is 35.8 Å². The second kappa shape index (κ2) is 9.55. The number of anilines is 2. The SMILES string of the molecule is C=C(OC)c1ccc(NC(=C)C2CC2)cc1N1CCCCCC1.CC. The Morgan fingerprint density at radius 3 is 2.28 bits per heavy atom. The van der Waals surface area contributed by atoms with Crippen LogP contribution in [0.1, 0.15) is 57.9 Å². The molecule has 1 N–H and O–H groups in total. The van der Waals surface area contributed by atoms with Gasteiger partial charge in [0.1, 0.15) is 5.76 Å². The van der Waals surface area contributed by atoms with Gasteiger partial charge in [-0.05, 0) is 49.8 Å². The highest BCUT2D eigenvalue weighted by molar-refractivity contribution is 5.76. The lowest BCUT2D eigenvalue weighted by Crippen LogP contribution is -2.25. The molecule has 3 heteroatoms. The average Bonchev–Trinajstić information content (AvgIpc) is 3.49. The Kier molecular flexibility index (Phi) is 7.42. The van der Waals surface area contributed by atoms with Gasteiger partial charge in [0, 0.05) is 35.7 Å². The molecule has 3 rings (SSSR count). The van der Waals surface area contributed by atoms with Crippen molar-refractivity contribution in [3.8, 4) is 0 Å². The Hall–Kier alpha value is -1.90. The largest absolute Gasteiger partial charge is 0.497 e. The van der Waals surface area contributed by atoms with Gasteiger partial charge in [-0.15, -0.1) is 0 Å². The summed E-state index contributed by atoms with van der Waals surface area (Å²) < 4.78 is 5.41. The molecule has 1 aliphatic heterocycles. The van der Waals surface area contributed by atoms with Gasteiger partial charge in [0.05, 0.1) is 7.11 Å². The molecule has 3 nitrogen and oxygen atoms in total. The molecule has 1 saturated carbocycles. The van der Waals surface area contributed by atoms with Crippen LogP contribution >= 0.6 is 0 Å². The number of methoxy groups -OCH3 is 1. The predicted molar refractivity (Wildman–Crippen MR) is 110 cm³/mol. The zero-order valence-electron chi connectivity index (χ0n) is 16.2. The molecule has 1 heterocycles. The van der Waals surface area contributed by atoms with Gasteiger partial charge < -0.3 is 15.0 Å². The summed E-state index contributed by atoms with van der Waals surface area (Å²) in [4.78, 5) is 2.48. The standard InChI is InChI=1S/C20H28N2O.C2H6/c1-15(17-8-9-17)21-18-10-11-19(16(2)23-3)20(14-18)22-12-6-4-5-7-13-22;1-2/h10-11,14,17,21H,1-2,4-9,12-13H2,3H3;1-2H3. The average molecular weight is 343 g/mol. The van der Waals surface area contributed by atoms with Crippen LogP contribution in [0.15, 0.2) is 37.1 Å². The Labute approximate surface area is 153 Å². The van der Waals surface area contributed by atoms with Gasteiger partial charge in [0.25, 0.3) is 0 Å². The van der Waals surface area contributed by atoms with E-state index in [0.29, 0.717) is 5.92 Å². The number of nitrogens with zero attached hydrogens (tertiary/aromatic N) is 1. The maximum Gasteiger partial charge on any atom is 0.121 e. The van der Waals surface area contributed by atoms with Gasteiger partial charge in [-0.25, -0.2) is 0 Å². The molecule has 138 valence electrons. The van der Waals surface area contributed by atoms with Crippen molar-refractivity contribution < 1.29 is 4.74 Å². The second-order valence-electron chi connectivity index (χ2n) is 6.69. The first kappa shape index (κ1) is 19.4. The van der Waals surface area contributed by atoms with Gasteiger partial charge in [-0.2, -0.15) is 0 Å². The Balaban J connectivity index is 0.00000109. The van der Waals surface area contributed by atoms with Crippen molar-refractivity contribution in [1.29, 1.82) is 0 Å². The summed E-state index contributed by atoms with van der Waals surface area (Å²) >= 11 is 0. The summed E-state index contributed by atoms with van der Waals surface area (Å²) in [7, 11) is 1.69. The Morgan fingerprint density at radius 1 is 1.08 bits per heavy atom. The summed E-state index contributed by atoms with van der Waals surface area (Å²) in [5.41, 5.74) is 4.59. The van der Waals surface area contributed by atoms with Crippen LogP contribution in [-0.4, -0.2) is 20.2 Å². The fourth-order valence-corrected chi connectivity index (χ4v) is 3.25. The third-order valence-electron chi connectivity index (χ3n) is 4.87. The van der Waals surface area contributed by atoms with E-state index in [4.69, 9.17) is 4.74 Å². The van der Waals surface area contributed by atoms with E-state index in [1.54, 1.807) is 7.11 Å². The smallest absolute Gasteiger partial charge is 0.121 e. The van der Waals surface area contributed by atoms with Crippen molar-refractivity contribution in [2.45, 2.75) is 52.4 Å². The summed E-state index contributed by atoms with van der Waals surface area (Å²) in [5, 5.41) is 3.49. The number of benzene rings is 1. The normalized spacial score (nSPS) is 17.0. The van der Waals surface area contributed by atoms with E-state index in [1.165, 1.54) is 44.2 Å². The van der Waals surface area contributed by atoms with Crippen molar-refractivity contribution in [1.82, 2.24) is 0 Å². The lowest BCUT2D eigenvalue weighted by molar-refractivity contribution is 0.371. The minimum Gasteiger partial charge on any atom is -0.497 e. The van der Waals surface area contributed by atoms with Crippen LogP contribution in [0.2, 0.25) is 0 Å². The fourth-order valence-electron chi connectivity index (χ4n) is 3.25. The third-order valence-corrected chi connectivity index (χ3v) is 4.87. The van der Waals surface area contributed by atoms with Crippen LogP contribution in [0, 0.1) is 5.92 Å². The van der Waals surface area contributed by atoms with Gasteiger partial charge in [0.2, 0.25) is 0 Å². The van der Waals surface area contributed by atoms with Gasteiger partial charge >= 0.3 is 0 Å². The molecular weight excluding hydrogens is 308 g/mol. The predicted octanol–water partition coefficient (Wildman–Crippen LogP) is 6.05. The Bertz CT molecular complexity index is 582. The molecule has 0 unspecified atom stereocenters. The molecule has 1 saturated heterocycles. The van der Waals surface area contributed by atoms with Crippen molar-refractivity contribution >= 4 is 17.1 Å². The van der Waals surface area contributed by atoms with E-state index in [9.17, 15) is 0 Å². The zero-order valence-corrected chi connectivity index (χ0v) is 16.2. The van der Waals surface area contributed by atoms with Crippen molar-refractivity contribution in [3.05, 3.63) is 42.6 Å². The lowest BCUT2D eigenvalue weighted by atomic mass is 10.1. The van der Waals surface area contributed by atoms with Crippen molar-refractivity contribution in [3.63, 3.8) is 0 Å². The Morgan fingerprint density at radius 2 is 1.72 bits per heavy atom. The van der Waals surface area contributed by atoms with Crippen LogP contribution in [0.3, 0.4) is 0 Å². The van der Waals surface area contributed by atoms with E-state index in [-0.39, 0.29) is 0 Å². The molecule has 0 bridgehead atoms. The monoisotopic (exact) mass is 342 g/mol. The number of nitrogens with one attached hydrogen (secondary N) is 1. The zero-order chi connectivity index (χ0) is 18.2. The fraction of sp³-hybridized carbons (Fsp3) is 0.545. The molecule has 25 heavy (non-hydrogen) atoms. The van der Waals surface area contributed by atoms with Crippen molar-refractivity contribution in [2.24, 2.45) is 5.92 Å². The number of allylic oxidation sites excluding steroid dienone is 1. The minimum absolute atomic E-state index is 0.658. The summed E-state index contributed by atoms with van der Waals surface area (Å²) in [6.45, 7) is 14.5. The van der Waals surface area contributed by atoms with Gasteiger partial charge in [-0.1, -0.05) is 39.8 Å². The topological polar surface area (TPSA) is 24.5 Å². The molecular formula is C22H34N2O. The van der Waals surface area contributed by atoms with Crippen molar-refractivity contribution in [2.75, 3.05) is 30.4 Å². The van der Waals surface area contributed by atoms with Crippen LogP contribution in [0.4, 0.5) is 11.4 Å². The van der Waals surface area contributed by atoms with E-state index in [2.05, 4.69) is 41.6 Å². The number of rotatable bonds is 6. The second-order valence-corrected chi connectivity index (χ2v) is 6.69. The summed E-state index contributed by atoms with van der Waals surface area (Å²) in [5.74, 6) is 1.39. The van der Waals surface area contributed by atoms with E-state index in [1.807, 2.05) is 13.8 Å². The molecule has 1 aromatic rings. The van der Waals surface area contributed by atoms with Crippen LogP contribution in [0.25, 0.3) is 5.76 Å². The molecule has 0 amide bonds. The molecule has 0 spiro atoms. The molecule has 2 aliphatic rings. The first-order valence-electron chi connectivity index (χ1n) is 9.77. The number of ether oxygens (including phenoxy) is 1. The van der Waals surface area contributed by atoms with Gasteiger partial charge in [0.15, 0.2) is 0 Å². The maximum atomic E-state index is 5.41. The number of hydrogen-bond donors (Lipinski definition) is 1. The number of hydrogen-bond acceptors (Lipinski definition) is 3. The van der Waals surface area contributed by atoms with Crippen LogP contribution in [0.5, 0.6) is 0 Å². The first-order chi connectivity index (χ1) is 12.2. The molecule has 2 fully saturated rings. The highest BCUT2D eigenvalue weighted by atomic mass is 16.5. The van der Waals surface area contributed by atoms with Crippen LogP contribution < -0.4 is 10.2 Å². The molecule has 1 aromatic carbocycles. The molecule has 1 aliphatic carbocycles. The first-order valence-corrected chi connectivity index (χ1v) is 9.77. The maximum absolute atomic E-state index is 5.41. The molecule has 0 aromatic heterocycles. The molecule has 0 radical (unpaired) electrons. The minimum atomic E-state index is 0.658. The highest BCUT2D eigenvalue weighted by Gasteiger charge is 2.25. The summed E-state index contributed by atoms with van der Waals surface area (Å²) in [6, 6.07) is 6.46.